The van der Waals surface area contributed by atoms with Crippen molar-refractivity contribution in [3.8, 4) is 0 Å². The van der Waals surface area contributed by atoms with Crippen LogP contribution in [0.2, 0.25) is 0 Å². The molecule has 1 unspecified atom stereocenters. The number of rotatable bonds is 4. The number of hydrogen-bond acceptors (Lipinski definition) is 2. The van der Waals surface area contributed by atoms with Gasteiger partial charge in [-0.1, -0.05) is 69.3 Å². The molecule has 2 aromatic rings. The second-order valence-corrected chi connectivity index (χ2v) is 7.29. The molecule has 2 heteroatoms. The van der Waals surface area contributed by atoms with Gasteiger partial charge in [-0.25, -0.2) is 0 Å². The van der Waals surface area contributed by atoms with Crippen LogP contribution in [0.3, 0.4) is 0 Å². The van der Waals surface area contributed by atoms with E-state index in [2.05, 4.69) is 57.2 Å². The van der Waals surface area contributed by atoms with Crippen LogP contribution >= 0.6 is 0 Å². The van der Waals surface area contributed by atoms with Gasteiger partial charge >= 0.3 is 5.97 Å². The van der Waals surface area contributed by atoms with Crippen LogP contribution in [-0.2, 0) is 16.0 Å². The Labute approximate surface area is 144 Å². The van der Waals surface area contributed by atoms with E-state index in [-0.39, 0.29) is 18.0 Å². The van der Waals surface area contributed by atoms with Gasteiger partial charge in [0.25, 0.3) is 0 Å². The minimum atomic E-state index is -0.457. The van der Waals surface area contributed by atoms with Gasteiger partial charge in [0, 0.05) is 11.1 Å². The standard InChI is InChI=1S/C22H26O2/c1-5-22(4,15(2)3)21(23)24-20-18-12-8-6-10-16(18)14-17-11-7-9-13-19(17)20/h6-13,15,20H,5,14H2,1-4H3. The molecule has 0 saturated heterocycles. The summed E-state index contributed by atoms with van der Waals surface area (Å²) in [5.74, 6) is 0.139. The molecule has 1 atom stereocenters. The van der Waals surface area contributed by atoms with Crippen LogP contribution in [0.25, 0.3) is 0 Å². The van der Waals surface area contributed by atoms with Crippen molar-refractivity contribution in [1.29, 1.82) is 0 Å². The molecular weight excluding hydrogens is 296 g/mol. The van der Waals surface area contributed by atoms with Crippen molar-refractivity contribution >= 4 is 5.97 Å². The van der Waals surface area contributed by atoms with Gasteiger partial charge in [0.05, 0.1) is 5.41 Å². The summed E-state index contributed by atoms with van der Waals surface area (Å²) >= 11 is 0. The number of ether oxygens (including phenoxy) is 1. The first-order valence-corrected chi connectivity index (χ1v) is 8.84. The molecule has 0 heterocycles. The first-order valence-electron chi connectivity index (χ1n) is 8.84. The molecule has 0 N–H and O–H groups in total. The molecule has 24 heavy (non-hydrogen) atoms. The van der Waals surface area contributed by atoms with Gasteiger partial charge in [0.1, 0.15) is 0 Å². The van der Waals surface area contributed by atoms with Crippen molar-refractivity contribution < 1.29 is 9.53 Å². The number of carbonyl (C=O) groups is 1. The molecule has 0 aromatic heterocycles. The molecule has 0 bridgehead atoms. The molecule has 0 spiro atoms. The Morgan fingerprint density at radius 2 is 1.58 bits per heavy atom. The van der Waals surface area contributed by atoms with E-state index >= 15 is 0 Å². The first kappa shape index (κ1) is 16.8. The molecule has 2 aromatic carbocycles. The lowest BCUT2D eigenvalue weighted by Gasteiger charge is -2.34. The Morgan fingerprint density at radius 1 is 1.08 bits per heavy atom. The highest BCUT2D eigenvalue weighted by Gasteiger charge is 2.39. The van der Waals surface area contributed by atoms with Crippen molar-refractivity contribution in [2.45, 2.75) is 46.6 Å². The van der Waals surface area contributed by atoms with E-state index in [0.29, 0.717) is 0 Å². The number of carbonyl (C=O) groups excluding carboxylic acids is 1. The number of esters is 1. The lowest BCUT2D eigenvalue weighted by Crippen LogP contribution is -2.36. The van der Waals surface area contributed by atoms with E-state index in [1.165, 1.54) is 11.1 Å². The fraction of sp³-hybridized carbons (Fsp3) is 0.409. The van der Waals surface area contributed by atoms with Crippen molar-refractivity contribution in [3.05, 3.63) is 70.8 Å². The molecule has 3 rings (SSSR count). The van der Waals surface area contributed by atoms with Crippen molar-refractivity contribution in [2.75, 3.05) is 0 Å². The van der Waals surface area contributed by atoms with Gasteiger partial charge in [-0.2, -0.15) is 0 Å². The molecule has 0 aliphatic heterocycles. The van der Waals surface area contributed by atoms with Crippen LogP contribution in [0.1, 0.15) is 62.5 Å². The van der Waals surface area contributed by atoms with Gasteiger partial charge < -0.3 is 4.74 Å². The summed E-state index contributed by atoms with van der Waals surface area (Å²) in [6.07, 6.45) is 1.37. The second kappa shape index (κ2) is 6.43. The number of benzene rings is 2. The highest BCUT2D eigenvalue weighted by Crippen LogP contribution is 2.40. The summed E-state index contributed by atoms with van der Waals surface area (Å²) < 4.78 is 6.12. The zero-order valence-corrected chi connectivity index (χ0v) is 15.0. The fourth-order valence-electron chi connectivity index (χ4n) is 3.43. The van der Waals surface area contributed by atoms with Gasteiger partial charge in [-0.15, -0.1) is 0 Å². The van der Waals surface area contributed by atoms with Gasteiger partial charge in [-0.05, 0) is 36.8 Å². The maximum absolute atomic E-state index is 13.0. The van der Waals surface area contributed by atoms with Crippen LogP contribution in [0.15, 0.2) is 48.5 Å². The highest BCUT2D eigenvalue weighted by molar-refractivity contribution is 5.77. The Hall–Kier alpha value is -2.09. The lowest BCUT2D eigenvalue weighted by molar-refractivity contribution is -0.162. The van der Waals surface area contributed by atoms with Gasteiger partial charge in [0.15, 0.2) is 6.10 Å². The molecule has 1 aliphatic carbocycles. The molecule has 0 saturated carbocycles. The second-order valence-electron chi connectivity index (χ2n) is 7.29. The number of fused-ring (bicyclic) bond motifs is 2. The summed E-state index contributed by atoms with van der Waals surface area (Å²) in [5.41, 5.74) is 4.27. The van der Waals surface area contributed by atoms with Crippen LogP contribution in [0.4, 0.5) is 0 Å². The minimum Gasteiger partial charge on any atom is -0.452 e. The van der Waals surface area contributed by atoms with Crippen molar-refractivity contribution in [2.24, 2.45) is 11.3 Å². The van der Waals surface area contributed by atoms with E-state index in [1.807, 2.05) is 19.1 Å². The maximum Gasteiger partial charge on any atom is 0.312 e. The smallest absolute Gasteiger partial charge is 0.312 e. The summed E-state index contributed by atoms with van der Waals surface area (Å²) in [7, 11) is 0. The fourth-order valence-corrected chi connectivity index (χ4v) is 3.43. The third-order valence-corrected chi connectivity index (χ3v) is 5.76. The van der Waals surface area contributed by atoms with Crippen molar-refractivity contribution in [3.63, 3.8) is 0 Å². The van der Waals surface area contributed by atoms with Crippen molar-refractivity contribution in [1.82, 2.24) is 0 Å². The third-order valence-electron chi connectivity index (χ3n) is 5.76. The largest absolute Gasteiger partial charge is 0.452 e. The Balaban J connectivity index is 2.00. The summed E-state index contributed by atoms with van der Waals surface area (Å²) in [4.78, 5) is 13.0. The van der Waals surface area contributed by atoms with Crippen LogP contribution in [0.5, 0.6) is 0 Å². The molecule has 0 fully saturated rings. The average Bonchev–Trinajstić information content (AvgIpc) is 2.60. The normalized spacial score (nSPS) is 16.2. The molecule has 0 amide bonds. The monoisotopic (exact) mass is 322 g/mol. The van der Waals surface area contributed by atoms with Gasteiger partial charge in [-0.3, -0.25) is 4.79 Å². The average molecular weight is 322 g/mol. The predicted molar refractivity (Wildman–Crippen MR) is 96.9 cm³/mol. The van der Waals surface area contributed by atoms with Crippen LogP contribution < -0.4 is 0 Å². The van der Waals surface area contributed by atoms with Gasteiger partial charge in [0.2, 0.25) is 0 Å². The molecule has 1 aliphatic rings. The topological polar surface area (TPSA) is 26.3 Å². The SMILES string of the molecule is CCC(C)(C(=O)OC1c2ccccc2Cc2ccccc21)C(C)C. The summed E-state index contributed by atoms with van der Waals surface area (Å²) in [5, 5.41) is 0. The Bertz CT molecular complexity index is 702. The van der Waals surface area contributed by atoms with Crippen LogP contribution in [-0.4, -0.2) is 5.97 Å². The molecular formula is C22H26O2. The third kappa shape index (κ3) is 2.75. The minimum absolute atomic E-state index is 0.100. The first-order chi connectivity index (χ1) is 11.5. The van der Waals surface area contributed by atoms with E-state index in [0.717, 1.165) is 24.0 Å². The van der Waals surface area contributed by atoms with Crippen LogP contribution in [0, 0.1) is 11.3 Å². The van der Waals surface area contributed by atoms with E-state index in [9.17, 15) is 4.79 Å². The molecule has 2 nitrogen and oxygen atoms in total. The highest BCUT2D eigenvalue weighted by atomic mass is 16.5. The summed E-state index contributed by atoms with van der Waals surface area (Å²) in [6, 6.07) is 16.6. The summed E-state index contributed by atoms with van der Waals surface area (Å²) in [6.45, 7) is 8.26. The zero-order valence-electron chi connectivity index (χ0n) is 15.0. The number of hydrogen-bond donors (Lipinski definition) is 0. The zero-order chi connectivity index (χ0) is 17.3. The lowest BCUT2D eigenvalue weighted by atomic mass is 9.76. The molecule has 126 valence electrons. The maximum atomic E-state index is 13.0. The van der Waals surface area contributed by atoms with E-state index in [1.54, 1.807) is 0 Å². The molecule has 0 radical (unpaired) electrons. The quantitative estimate of drug-likeness (QED) is 0.714. The Kier molecular flexibility index (Phi) is 4.49. The predicted octanol–water partition coefficient (Wildman–Crippen LogP) is 5.30. The van der Waals surface area contributed by atoms with E-state index in [4.69, 9.17) is 4.74 Å². The Morgan fingerprint density at radius 3 is 2.04 bits per heavy atom. The van der Waals surface area contributed by atoms with E-state index < -0.39 is 5.41 Å².